The number of hydrogen-bond donors (Lipinski definition) is 3. The molecule has 2 aromatic heterocycles. The normalized spacial score (nSPS) is 16.7. The van der Waals surface area contributed by atoms with Crippen molar-refractivity contribution in [1.82, 2.24) is 20.6 Å². The predicted octanol–water partition coefficient (Wildman–Crippen LogP) is 3.96. The lowest BCUT2D eigenvalue weighted by atomic mass is 10.0. The van der Waals surface area contributed by atoms with Crippen LogP contribution in [0.4, 0.5) is 4.39 Å². The summed E-state index contributed by atoms with van der Waals surface area (Å²) in [4.78, 5) is 21.0. The Kier molecular flexibility index (Phi) is 5.93. The highest BCUT2D eigenvalue weighted by atomic mass is 19.1. The van der Waals surface area contributed by atoms with Gasteiger partial charge in [-0.25, -0.2) is 4.39 Å². The van der Waals surface area contributed by atoms with Crippen molar-refractivity contribution in [2.75, 3.05) is 26.8 Å². The molecule has 1 aliphatic heterocycles. The number of carbonyl (C=O) groups excluding carboxylic acids is 1. The number of halogens is 1. The minimum Gasteiger partial charge on any atom is -0.494 e. The fourth-order valence-electron chi connectivity index (χ4n) is 4.44. The molecule has 2 aliphatic rings. The average molecular weight is 453 g/mol. The van der Waals surface area contributed by atoms with Crippen molar-refractivity contribution in [2.24, 2.45) is 5.92 Å². The molecule has 1 saturated heterocycles. The number of nitrogens with one attached hydrogen (secondary N) is 3. The second-order valence-electron chi connectivity index (χ2n) is 8.94. The van der Waals surface area contributed by atoms with Gasteiger partial charge in [-0.15, -0.1) is 0 Å². The summed E-state index contributed by atoms with van der Waals surface area (Å²) in [5.74, 6) is 0.634. The standard InChI is InChI=1S/C25H29FN4O3/c1-14-22(25(31)30-16-5-8-27-9-6-16)24-23(29-14)17(7-10-28-24)18-11-19(26)21(32-2)12-20(18)33-13-15-3-4-15/h7,10-12,15-16,27,29H,3-6,8-9,13H2,1-2H3,(H,30,31). The Bertz CT molecular complexity index is 1180. The summed E-state index contributed by atoms with van der Waals surface area (Å²) in [6, 6.07) is 4.99. The molecule has 0 bridgehead atoms. The van der Waals surface area contributed by atoms with Gasteiger partial charge in [0.25, 0.3) is 5.91 Å². The van der Waals surface area contributed by atoms with Gasteiger partial charge >= 0.3 is 0 Å². The molecule has 1 aromatic carbocycles. The van der Waals surface area contributed by atoms with Crippen molar-refractivity contribution >= 4 is 16.9 Å². The molecule has 174 valence electrons. The molecule has 3 aromatic rings. The lowest BCUT2D eigenvalue weighted by Gasteiger charge is -2.23. The van der Waals surface area contributed by atoms with E-state index in [9.17, 15) is 9.18 Å². The number of amides is 1. The first-order valence-electron chi connectivity index (χ1n) is 11.5. The first kappa shape index (κ1) is 21.7. The van der Waals surface area contributed by atoms with Crippen LogP contribution in [0, 0.1) is 18.7 Å². The molecule has 0 atom stereocenters. The Morgan fingerprint density at radius 3 is 2.70 bits per heavy atom. The van der Waals surface area contributed by atoms with Crippen LogP contribution in [-0.4, -0.2) is 48.7 Å². The number of rotatable bonds is 7. The molecule has 33 heavy (non-hydrogen) atoms. The van der Waals surface area contributed by atoms with Crippen LogP contribution in [0.5, 0.6) is 11.5 Å². The Balaban J connectivity index is 1.54. The number of ether oxygens (including phenoxy) is 2. The SMILES string of the molecule is COc1cc(OCC2CC2)c(-c2ccnc3c(C(=O)NC4CCNCC4)c(C)[nH]c23)cc1F. The van der Waals surface area contributed by atoms with Crippen molar-refractivity contribution in [1.29, 1.82) is 0 Å². The first-order valence-corrected chi connectivity index (χ1v) is 11.5. The zero-order valence-electron chi connectivity index (χ0n) is 19.0. The number of methoxy groups -OCH3 is 1. The van der Waals surface area contributed by atoms with Crippen molar-refractivity contribution in [3.8, 4) is 22.6 Å². The maximum Gasteiger partial charge on any atom is 0.255 e. The highest BCUT2D eigenvalue weighted by molar-refractivity contribution is 6.09. The van der Waals surface area contributed by atoms with E-state index in [-0.39, 0.29) is 17.7 Å². The van der Waals surface area contributed by atoms with Crippen LogP contribution in [0.3, 0.4) is 0 Å². The highest BCUT2D eigenvalue weighted by Gasteiger charge is 2.26. The lowest BCUT2D eigenvalue weighted by molar-refractivity contribution is 0.0930. The number of nitrogens with zero attached hydrogens (tertiary/aromatic N) is 1. The van der Waals surface area contributed by atoms with Gasteiger partial charge in [0.2, 0.25) is 0 Å². The highest BCUT2D eigenvalue weighted by Crippen LogP contribution is 2.40. The van der Waals surface area contributed by atoms with Crippen LogP contribution in [0.25, 0.3) is 22.2 Å². The number of carbonyl (C=O) groups is 1. The molecule has 8 heteroatoms. The van der Waals surface area contributed by atoms with E-state index >= 15 is 0 Å². The van der Waals surface area contributed by atoms with Gasteiger partial charge < -0.3 is 25.1 Å². The van der Waals surface area contributed by atoms with Crippen molar-refractivity contribution in [2.45, 2.75) is 38.6 Å². The van der Waals surface area contributed by atoms with E-state index in [1.807, 2.05) is 13.0 Å². The zero-order valence-corrected chi connectivity index (χ0v) is 19.0. The summed E-state index contributed by atoms with van der Waals surface area (Å²) in [7, 11) is 1.44. The van der Waals surface area contributed by atoms with E-state index < -0.39 is 5.82 Å². The summed E-state index contributed by atoms with van der Waals surface area (Å²) >= 11 is 0. The van der Waals surface area contributed by atoms with Gasteiger partial charge in [-0.05, 0) is 63.7 Å². The summed E-state index contributed by atoms with van der Waals surface area (Å²) in [6.45, 7) is 4.24. The number of benzene rings is 1. The summed E-state index contributed by atoms with van der Waals surface area (Å²) in [6.07, 6.45) is 5.76. The molecule has 3 N–H and O–H groups in total. The van der Waals surface area contributed by atoms with E-state index in [0.29, 0.717) is 40.4 Å². The summed E-state index contributed by atoms with van der Waals surface area (Å²) in [5, 5.41) is 6.46. The number of H-pyrrole nitrogens is 1. The van der Waals surface area contributed by atoms with Crippen LogP contribution < -0.4 is 20.1 Å². The van der Waals surface area contributed by atoms with Crippen LogP contribution in [0.1, 0.15) is 41.7 Å². The maximum atomic E-state index is 14.7. The van der Waals surface area contributed by atoms with E-state index in [0.717, 1.165) is 50.0 Å². The van der Waals surface area contributed by atoms with E-state index in [1.165, 1.54) is 13.2 Å². The Hall–Kier alpha value is -3.13. The Morgan fingerprint density at radius 2 is 1.97 bits per heavy atom. The minimum absolute atomic E-state index is 0.138. The smallest absolute Gasteiger partial charge is 0.255 e. The third-order valence-electron chi connectivity index (χ3n) is 6.49. The van der Waals surface area contributed by atoms with Gasteiger partial charge in [-0.3, -0.25) is 9.78 Å². The molecule has 1 aliphatic carbocycles. The minimum atomic E-state index is -0.469. The van der Waals surface area contributed by atoms with E-state index in [2.05, 4.69) is 20.6 Å². The summed E-state index contributed by atoms with van der Waals surface area (Å²) < 4.78 is 26.0. The fourth-order valence-corrected chi connectivity index (χ4v) is 4.44. The molecule has 0 spiro atoms. The van der Waals surface area contributed by atoms with Gasteiger partial charge in [0.05, 0.1) is 24.8 Å². The molecule has 3 heterocycles. The van der Waals surface area contributed by atoms with Gasteiger partial charge in [0.15, 0.2) is 11.6 Å². The number of hydrogen-bond acceptors (Lipinski definition) is 5. The van der Waals surface area contributed by atoms with Crippen LogP contribution in [-0.2, 0) is 0 Å². The topological polar surface area (TPSA) is 88.3 Å². The first-order chi connectivity index (χ1) is 16.0. The molecule has 1 amide bonds. The average Bonchev–Trinajstić information content (AvgIpc) is 3.58. The fraction of sp³-hybridized carbons (Fsp3) is 0.440. The quantitative estimate of drug-likeness (QED) is 0.505. The van der Waals surface area contributed by atoms with Crippen molar-refractivity contribution in [3.63, 3.8) is 0 Å². The van der Waals surface area contributed by atoms with Gasteiger partial charge in [0, 0.05) is 35.1 Å². The van der Waals surface area contributed by atoms with Crippen LogP contribution in [0.15, 0.2) is 24.4 Å². The van der Waals surface area contributed by atoms with Gasteiger partial charge in [-0.1, -0.05) is 0 Å². The van der Waals surface area contributed by atoms with Crippen LogP contribution >= 0.6 is 0 Å². The second-order valence-corrected chi connectivity index (χ2v) is 8.94. The van der Waals surface area contributed by atoms with Crippen LogP contribution in [0.2, 0.25) is 0 Å². The van der Waals surface area contributed by atoms with Gasteiger partial charge in [0.1, 0.15) is 11.3 Å². The largest absolute Gasteiger partial charge is 0.494 e. The molecule has 1 saturated carbocycles. The number of pyridine rings is 1. The molecule has 2 fully saturated rings. The van der Waals surface area contributed by atoms with Crippen molar-refractivity contribution in [3.05, 3.63) is 41.5 Å². The Morgan fingerprint density at radius 1 is 1.18 bits per heavy atom. The monoisotopic (exact) mass is 452 g/mol. The number of piperidine rings is 1. The number of aromatic amines is 1. The third-order valence-corrected chi connectivity index (χ3v) is 6.49. The predicted molar refractivity (Wildman–Crippen MR) is 124 cm³/mol. The molecule has 0 radical (unpaired) electrons. The molecule has 0 unspecified atom stereocenters. The molecular formula is C25H29FN4O3. The molecule has 5 rings (SSSR count). The number of aryl methyl sites for hydroxylation is 1. The zero-order chi connectivity index (χ0) is 22.9. The molecular weight excluding hydrogens is 423 g/mol. The van der Waals surface area contributed by atoms with E-state index in [1.54, 1.807) is 12.3 Å². The maximum absolute atomic E-state index is 14.7. The van der Waals surface area contributed by atoms with E-state index in [4.69, 9.17) is 9.47 Å². The number of fused-ring (bicyclic) bond motifs is 1. The molecule has 7 nitrogen and oxygen atoms in total. The third kappa shape index (κ3) is 4.39. The van der Waals surface area contributed by atoms with Crippen molar-refractivity contribution < 1.29 is 18.7 Å². The number of aromatic nitrogens is 2. The lowest BCUT2D eigenvalue weighted by Crippen LogP contribution is -2.42. The summed E-state index contributed by atoms with van der Waals surface area (Å²) in [5.41, 5.74) is 3.85. The second kappa shape index (κ2) is 9.02. The van der Waals surface area contributed by atoms with Gasteiger partial charge in [-0.2, -0.15) is 0 Å². The Labute approximate surface area is 192 Å².